The van der Waals surface area contributed by atoms with Gasteiger partial charge in [-0.05, 0) is 23.8 Å². The molecule has 0 aliphatic heterocycles. The quantitative estimate of drug-likeness (QED) is 0.559. The van der Waals surface area contributed by atoms with Gasteiger partial charge in [-0.15, -0.1) is 0 Å². The third kappa shape index (κ3) is 4.22. The topological polar surface area (TPSA) is 59.3 Å². The second kappa shape index (κ2) is 8.08. The first-order valence-electron chi connectivity index (χ1n) is 7.60. The van der Waals surface area contributed by atoms with Crippen LogP contribution in [0.5, 0.6) is 0 Å². The van der Waals surface area contributed by atoms with Gasteiger partial charge in [0.25, 0.3) is 5.56 Å². The lowest BCUT2D eigenvalue weighted by Gasteiger charge is -2.07. The van der Waals surface area contributed by atoms with Crippen molar-refractivity contribution >= 4 is 29.6 Å². The zero-order valence-electron chi connectivity index (χ0n) is 13.2. The van der Waals surface area contributed by atoms with Gasteiger partial charge in [0.15, 0.2) is 0 Å². The summed E-state index contributed by atoms with van der Waals surface area (Å²) in [6.45, 7) is 0. The zero-order chi connectivity index (χ0) is 17.5. The van der Waals surface area contributed by atoms with Crippen molar-refractivity contribution in [2.45, 2.75) is 0 Å². The summed E-state index contributed by atoms with van der Waals surface area (Å²) in [5.74, 6) is 0. The molecule has 0 aliphatic carbocycles. The molecular weight excluding hydrogens is 336 g/mol. The highest BCUT2D eigenvalue weighted by atomic mass is 35.5. The summed E-state index contributed by atoms with van der Waals surface area (Å²) in [4.78, 5) is 12.3. The number of aromatic nitrogens is 2. The van der Waals surface area contributed by atoms with Crippen molar-refractivity contribution in [2.24, 2.45) is 5.10 Å². The van der Waals surface area contributed by atoms with E-state index in [4.69, 9.17) is 11.6 Å². The van der Waals surface area contributed by atoms with E-state index in [1.165, 1.54) is 10.9 Å². The van der Waals surface area contributed by atoms with E-state index in [1.807, 2.05) is 54.6 Å². The van der Waals surface area contributed by atoms with E-state index in [9.17, 15) is 4.79 Å². The van der Waals surface area contributed by atoms with E-state index < -0.39 is 5.56 Å². The lowest BCUT2D eigenvalue weighted by molar-refractivity contribution is 0.808. The first-order chi connectivity index (χ1) is 12.3. The maximum absolute atomic E-state index is 12.3. The number of benzene rings is 2. The van der Waals surface area contributed by atoms with Crippen molar-refractivity contribution in [1.82, 2.24) is 9.78 Å². The van der Waals surface area contributed by atoms with Crippen LogP contribution in [0.4, 0.5) is 5.69 Å². The van der Waals surface area contributed by atoms with Gasteiger partial charge in [-0.1, -0.05) is 66.2 Å². The largest absolute Gasteiger partial charge is 0.292 e. The molecule has 0 saturated heterocycles. The molecule has 3 aromatic rings. The standard InChI is InChI=1S/C19H15ClN4O/c20-18-17(23-21-13-7-10-15-8-3-1-4-9-15)14-22-24(19(18)25)16-11-5-2-6-12-16/h1-14,23H/b10-7+,21-13?. The fourth-order valence-corrected chi connectivity index (χ4v) is 2.30. The highest BCUT2D eigenvalue weighted by molar-refractivity contribution is 6.32. The minimum Gasteiger partial charge on any atom is -0.275 e. The normalized spacial score (nSPS) is 11.2. The van der Waals surface area contributed by atoms with Crippen molar-refractivity contribution in [3.8, 4) is 5.69 Å². The van der Waals surface area contributed by atoms with E-state index >= 15 is 0 Å². The number of nitrogens with one attached hydrogen (secondary N) is 1. The van der Waals surface area contributed by atoms with Gasteiger partial charge in [-0.2, -0.15) is 14.9 Å². The Balaban J connectivity index is 1.71. The summed E-state index contributed by atoms with van der Waals surface area (Å²) in [5, 5.41) is 8.18. The smallest absolute Gasteiger partial charge is 0.275 e. The van der Waals surface area contributed by atoms with Crippen LogP contribution >= 0.6 is 11.6 Å². The van der Waals surface area contributed by atoms with Gasteiger partial charge in [0.1, 0.15) is 10.7 Å². The molecule has 0 bridgehead atoms. The minimum absolute atomic E-state index is 0.0306. The average molecular weight is 351 g/mol. The Hall–Kier alpha value is -3.18. The molecule has 0 fully saturated rings. The Morgan fingerprint density at radius 3 is 2.44 bits per heavy atom. The van der Waals surface area contributed by atoms with Crippen molar-refractivity contribution in [3.05, 3.63) is 93.9 Å². The number of rotatable bonds is 5. The van der Waals surface area contributed by atoms with Crippen molar-refractivity contribution in [3.63, 3.8) is 0 Å². The predicted octanol–water partition coefficient (Wildman–Crippen LogP) is 4.00. The van der Waals surface area contributed by atoms with Crippen LogP contribution in [0.15, 0.2) is 82.8 Å². The summed E-state index contributed by atoms with van der Waals surface area (Å²) >= 11 is 6.13. The molecule has 1 N–H and O–H groups in total. The maximum atomic E-state index is 12.3. The number of nitrogens with zero attached hydrogens (tertiary/aromatic N) is 3. The summed E-state index contributed by atoms with van der Waals surface area (Å²) < 4.78 is 1.24. The third-order valence-corrected chi connectivity index (χ3v) is 3.72. The number of halogens is 1. The van der Waals surface area contributed by atoms with E-state index in [2.05, 4.69) is 15.6 Å². The molecule has 5 nitrogen and oxygen atoms in total. The van der Waals surface area contributed by atoms with E-state index in [-0.39, 0.29) is 5.02 Å². The molecule has 1 aromatic heterocycles. The van der Waals surface area contributed by atoms with Gasteiger partial charge in [-0.3, -0.25) is 10.2 Å². The molecule has 0 saturated carbocycles. The van der Waals surface area contributed by atoms with Crippen LogP contribution in [0.25, 0.3) is 11.8 Å². The fraction of sp³-hybridized carbons (Fsp3) is 0. The van der Waals surface area contributed by atoms with Crippen LogP contribution < -0.4 is 11.0 Å². The van der Waals surface area contributed by atoms with E-state index in [0.29, 0.717) is 11.4 Å². The van der Waals surface area contributed by atoms with Crippen molar-refractivity contribution in [2.75, 3.05) is 5.43 Å². The van der Waals surface area contributed by atoms with Crippen LogP contribution in [0.2, 0.25) is 5.02 Å². The second-order valence-corrected chi connectivity index (χ2v) is 5.46. The lowest BCUT2D eigenvalue weighted by Crippen LogP contribution is -2.22. The van der Waals surface area contributed by atoms with Crippen LogP contribution in [0, 0.1) is 0 Å². The Bertz CT molecular complexity index is 950. The minimum atomic E-state index is -0.409. The fourth-order valence-electron chi connectivity index (χ4n) is 2.13. The number of anilines is 1. The molecule has 0 spiro atoms. The average Bonchev–Trinajstić information content (AvgIpc) is 2.66. The summed E-state index contributed by atoms with van der Waals surface area (Å²) in [7, 11) is 0. The Morgan fingerprint density at radius 2 is 1.72 bits per heavy atom. The number of hydrazone groups is 1. The Kier molecular flexibility index (Phi) is 5.39. The summed E-state index contributed by atoms with van der Waals surface area (Å²) in [6.07, 6.45) is 6.74. The third-order valence-electron chi connectivity index (χ3n) is 3.35. The molecule has 2 aromatic carbocycles. The first kappa shape index (κ1) is 16.7. The van der Waals surface area contributed by atoms with Crippen LogP contribution in [-0.2, 0) is 0 Å². The highest BCUT2D eigenvalue weighted by Gasteiger charge is 2.09. The maximum Gasteiger partial charge on any atom is 0.292 e. The summed E-state index contributed by atoms with van der Waals surface area (Å²) in [6, 6.07) is 18.9. The van der Waals surface area contributed by atoms with E-state index in [1.54, 1.807) is 24.4 Å². The molecule has 0 aliphatic rings. The molecule has 25 heavy (non-hydrogen) atoms. The van der Waals surface area contributed by atoms with Crippen LogP contribution in [0.1, 0.15) is 5.56 Å². The first-order valence-corrected chi connectivity index (χ1v) is 7.97. The molecule has 0 atom stereocenters. The van der Waals surface area contributed by atoms with Gasteiger partial charge >= 0.3 is 0 Å². The van der Waals surface area contributed by atoms with Crippen LogP contribution in [0.3, 0.4) is 0 Å². The number of allylic oxidation sites excluding steroid dienone is 1. The second-order valence-electron chi connectivity index (χ2n) is 5.08. The number of hydrogen-bond donors (Lipinski definition) is 1. The molecule has 0 radical (unpaired) electrons. The van der Waals surface area contributed by atoms with Gasteiger partial charge in [0.05, 0.1) is 11.9 Å². The van der Waals surface area contributed by atoms with Crippen molar-refractivity contribution < 1.29 is 0 Å². The molecule has 0 amide bonds. The summed E-state index contributed by atoms with van der Waals surface area (Å²) in [5.41, 5.74) is 4.39. The Labute approximate surface area is 149 Å². The van der Waals surface area contributed by atoms with Gasteiger partial charge in [0.2, 0.25) is 0 Å². The number of hydrogen-bond acceptors (Lipinski definition) is 4. The molecule has 3 rings (SSSR count). The monoisotopic (exact) mass is 350 g/mol. The zero-order valence-corrected chi connectivity index (χ0v) is 14.0. The molecule has 124 valence electrons. The van der Waals surface area contributed by atoms with E-state index in [0.717, 1.165) is 5.56 Å². The van der Waals surface area contributed by atoms with Crippen LogP contribution in [-0.4, -0.2) is 16.0 Å². The van der Waals surface area contributed by atoms with Gasteiger partial charge in [-0.25, -0.2) is 0 Å². The Morgan fingerprint density at radius 1 is 1.04 bits per heavy atom. The highest BCUT2D eigenvalue weighted by Crippen LogP contribution is 2.16. The molecule has 1 heterocycles. The number of para-hydroxylation sites is 1. The van der Waals surface area contributed by atoms with Crippen molar-refractivity contribution in [1.29, 1.82) is 0 Å². The molecule has 0 unspecified atom stereocenters. The SMILES string of the molecule is O=c1c(Cl)c(NN=C/C=C/c2ccccc2)cnn1-c1ccccc1. The molecule has 6 heteroatoms. The van der Waals surface area contributed by atoms with Gasteiger partial charge in [0, 0.05) is 6.21 Å². The predicted molar refractivity (Wildman–Crippen MR) is 102 cm³/mol. The lowest BCUT2D eigenvalue weighted by atomic mass is 10.2. The molecular formula is C19H15ClN4O. The van der Waals surface area contributed by atoms with Gasteiger partial charge < -0.3 is 0 Å².